The first kappa shape index (κ1) is 28.1. The quantitative estimate of drug-likeness (QED) is 0.270. The van der Waals surface area contributed by atoms with Crippen molar-refractivity contribution in [3.05, 3.63) is 12.7 Å². The summed E-state index contributed by atoms with van der Waals surface area (Å²) in [6.45, 7) is 8.25. The predicted octanol–water partition coefficient (Wildman–Crippen LogP) is 1.75. The first-order chi connectivity index (χ1) is 17.0. The number of ether oxygens (including phenoxy) is 3. The molecule has 5 unspecified atom stereocenters. The Hall–Kier alpha value is -2.51. The molecule has 0 aliphatic carbocycles. The van der Waals surface area contributed by atoms with Crippen LogP contribution in [-0.2, 0) is 28.3 Å². The molecule has 1 saturated heterocycles. The second-order valence-corrected chi connectivity index (χ2v) is 10.2. The van der Waals surface area contributed by atoms with Crippen LogP contribution in [0.1, 0.15) is 47.3 Å². The lowest BCUT2D eigenvalue weighted by Crippen LogP contribution is -2.38. The Morgan fingerprint density at radius 2 is 1.94 bits per heavy atom. The van der Waals surface area contributed by atoms with Crippen molar-refractivity contribution >= 4 is 37.4 Å². The molecule has 2 aromatic heterocycles. The number of fused-ring (bicyclic) bond motifs is 1. The SMILES string of the molecule is CC(C)OC(=O)CNP(NC(C)C(=O)OC(C)C)OCC1OC(n2cnc3c(N)ncnc32)CC1F. The van der Waals surface area contributed by atoms with Gasteiger partial charge in [0.1, 0.15) is 42.9 Å². The van der Waals surface area contributed by atoms with E-state index in [9.17, 15) is 14.0 Å². The summed E-state index contributed by atoms with van der Waals surface area (Å²) in [6, 6.07) is -0.743. The van der Waals surface area contributed by atoms with Gasteiger partial charge in [0.2, 0.25) is 0 Å². The maximum Gasteiger partial charge on any atom is 0.323 e. The molecular weight excluding hydrogens is 496 g/mol. The third-order valence-corrected chi connectivity index (χ3v) is 6.45. The van der Waals surface area contributed by atoms with Gasteiger partial charge in [0.25, 0.3) is 0 Å². The summed E-state index contributed by atoms with van der Waals surface area (Å²) in [6.07, 6.45) is -0.637. The van der Waals surface area contributed by atoms with Crippen LogP contribution in [0.3, 0.4) is 0 Å². The number of hydrogen-bond acceptors (Lipinski definition) is 12. The zero-order valence-corrected chi connectivity index (χ0v) is 21.8. The second-order valence-electron chi connectivity index (χ2n) is 8.76. The van der Waals surface area contributed by atoms with Crippen LogP contribution in [0.15, 0.2) is 12.7 Å². The van der Waals surface area contributed by atoms with Crippen molar-refractivity contribution in [3.8, 4) is 0 Å². The molecule has 2 aromatic rings. The van der Waals surface area contributed by atoms with Crippen LogP contribution >= 0.6 is 8.45 Å². The molecule has 1 aliphatic heterocycles. The van der Waals surface area contributed by atoms with Crippen molar-refractivity contribution in [3.63, 3.8) is 0 Å². The summed E-state index contributed by atoms with van der Waals surface area (Å²) in [7, 11) is -1.75. The molecule has 5 atom stereocenters. The summed E-state index contributed by atoms with van der Waals surface area (Å²) in [4.78, 5) is 36.5. The smallest absolute Gasteiger partial charge is 0.323 e. The van der Waals surface area contributed by atoms with Crippen LogP contribution in [0.5, 0.6) is 0 Å². The Balaban J connectivity index is 1.62. The van der Waals surface area contributed by atoms with E-state index in [1.807, 2.05) is 0 Å². The Labute approximate surface area is 209 Å². The number of hydrogen-bond donors (Lipinski definition) is 3. The lowest BCUT2D eigenvalue weighted by Gasteiger charge is -2.25. The number of esters is 2. The number of halogens is 1. The highest BCUT2D eigenvalue weighted by Crippen LogP contribution is 2.36. The molecule has 0 radical (unpaired) electrons. The van der Waals surface area contributed by atoms with Gasteiger partial charge in [-0.25, -0.2) is 29.5 Å². The van der Waals surface area contributed by atoms with E-state index in [-0.39, 0.29) is 37.6 Å². The average Bonchev–Trinajstić information content (AvgIpc) is 3.38. The van der Waals surface area contributed by atoms with Crippen molar-refractivity contribution in [1.82, 2.24) is 29.7 Å². The summed E-state index contributed by atoms with van der Waals surface area (Å²) in [5.41, 5.74) is 6.67. The molecule has 200 valence electrons. The Morgan fingerprint density at radius 1 is 1.22 bits per heavy atom. The number of nitrogen functional groups attached to an aromatic ring is 1. The number of carbonyl (C=O) groups is 2. The zero-order chi connectivity index (χ0) is 26.4. The summed E-state index contributed by atoms with van der Waals surface area (Å²) < 4.78 is 38.5. The highest BCUT2D eigenvalue weighted by Gasteiger charge is 2.38. The Morgan fingerprint density at radius 3 is 2.64 bits per heavy atom. The Kier molecular flexibility index (Phi) is 9.85. The minimum absolute atomic E-state index is 0.0556. The van der Waals surface area contributed by atoms with E-state index in [1.165, 1.54) is 12.7 Å². The molecule has 0 saturated carbocycles. The second kappa shape index (κ2) is 12.6. The molecule has 0 amide bonds. The molecule has 4 N–H and O–H groups in total. The fourth-order valence-electron chi connectivity index (χ4n) is 3.37. The number of carbonyl (C=O) groups excluding carboxylic acids is 2. The normalized spacial score (nSPS) is 21.7. The fourth-order valence-corrected chi connectivity index (χ4v) is 4.65. The van der Waals surface area contributed by atoms with Crippen molar-refractivity contribution in [2.24, 2.45) is 0 Å². The summed E-state index contributed by atoms with van der Waals surface area (Å²) >= 11 is 0. The maximum absolute atomic E-state index is 14.9. The number of alkyl halides is 1. The number of nitrogens with zero attached hydrogens (tertiary/aromatic N) is 4. The molecule has 1 aliphatic rings. The van der Waals surface area contributed by atoms with E-state index < -0.39 is 44.9 Å². The van der Waals surface area contributed by atoms with E-state index in [4.69, 9.17) is 24.5 Å². The average molecular weight is 530 g/mol. The third-order valence-electron chi connectivity index (χ3n) is 4.98. The van der Waals surface area contributed by atoms with Crippen molar-refractivity contribution in [1.29, 1.82) is 0 Å². The molecule has 15 heteroatoms. The molecule has 13 nitrogen and oxygen atoms in total. The fraction of sp³-hybridized carbons (Fsp3) is 0.667. The molecule has 0 bridgehead atoms. The molecule has 3 rings (SSSR count). The first-order valence-electron chi connectivity index (χ1n) is 11.6. The van der Waals surface area contributed by atoms with E-state index >= 15 is 0 Å². The molecule has 3 heterocycles. The van der Waals surface area contributed by atoms with Crippen LogP contribution in [0.2, 0.25) is 0 Å². The van der Waals surface area contributed by atoms with Gasteiger partial charge in [-0.05, 0) is 34.6 Å². The summed E-state index contributed by atoms with van der Waals surface area (Å²) in [5, 5.41) is 5.86. The highest BCUT2D eigenvalue weighted by atomic mass is 31.2. The molecule has 36 heavy (non-hydrogen) atoms. The van der Waals surface area contributed by atoms with E-state index in [1.54, 1.807) is 39.2 Å². The van der Waals surface area contributed by atoms with Crippen molar-refractivity contribution in [2.75, 3.05) is 18.9 Å². The van der Waals surface area contributed by atoms with Gasteiger partial charge in [-0.3, -0.25) is 14.2 Å². The number of nitrogens with two attached hydrogens (primary N) is 1. The number of imidazole rings is 1. The lowest BCUT2D eigenvalue weighted by molar-refractivity contribution is -0.149. The zero-order valence-electron chi connectivity index (χ0n) is 20.9. The van der Waals surface area contributed by atoms with Gasteiger partial charge in [-0.15, -0.1) is 0 Å². The van der Waals surface area contributed by atoms with Crippen LogP contribution in [0, 0.1) is 0 Å². The minimum Gasteiger partial charge on any atom is -0.462 e. The highest BCUT2D eigenvalue weighted by molar-refractivity contribution is 7.48. The van der Waals surface area contributed by atoms with E-state index in [2.05, 4.69) is 25.1 Å². The topological polar surface area (TPSA) is 165 Å². The van der Waals surface area contributed by atoms with Crippen LogP contribution in [-0.4, -0.2) is 75.1 Å². The third kappa shape index (κ3) is 7.50. The molecule has 0 aromatic carbocycles. The summed E-state index contributed by atoms with van der Waals surface area (Å²) in [5.74, 6) is -0.757. The Bertz CT molecular complexity index is 1040. The van der Waals surface area contributed by atoms with Gasteiger partial charge in [-0.2, -0.15) is 0 Å². The van der Waals surface area contributed by atoms with Crippen molar-refractivity contribution in [2.45, 2.75) is 77.8 Å². The van der Waals surface area contributed by atoms with Crippen LogP contribution in [0.25, 0.3) is 11.2 Å². The van der Waals surface area contributed by atoms with Gasteiger partial charge in [0.15, 0.2) is 19.9 Å². The predicted molar refractivity (Wildman–Crippen MR) is 129 cm³/mol. The number of rotatable bonds is 12. The van der Waals surface area contributed by atoms with Gasteiger partial charge in [-0.1, -0.05) is 0 Å². The maximum atomic E-state index is 14.9. The standard InChI is InChI=1S/C21H33FN7O6P/c1-11(2)33-17(30)7-27-36(28-13(5)21(31)34-12(3)4)32-8-15-14(22)6-16(35-15)29-10-26-18-19(23)24-9-25-20(18)29/h9-16,27-28H,6-8H2,1-5H3,(H2,23,24,25). The van der Waals surface area contributed by atoms with E-state index in [0.29, 0.717) is 11.2 Å². The monoisotopic (exact) mass is 529 g/mol. The van der Waals surface area contributed by atoms with Gasteiger partial charge < -0.3 is 24.5 Å². The minimum atomic E-state index is -1.75. The van der Waals surface area contributed by atoms with Crippen LogP contribution in [0.4, 0.5) is 10.2 Å². The lowest BCUT2D eigenvalue weighted by atomic mass is 10.2. The molecule has 1 fully saturated rings. The first-order valence-corrected chi connectivity index (χ1v) is 12.9. The van der Waals surface area contributed by atoms with Gasteiger partial charge >= 0.3 is 11.9 Å². The number of anilines is 1. The van der Waals surface area contributed by atoms with Gasteiger partial charge in [0.05, 0.1) is 25.1 Å². The van der Waals surface area contributed by atoms with Crippen LogP contribution < -0.4 is 15.9 Å². The van der Waals surface area contributed by atoms with E-state index in [0.717, 1.165) is 0 Å². The van der Waals surface area contributed by atoms with Gasteiger partial charge in [0, 0.05) is 6.42 Å². The van der Waals surface area contributed by atoms with Crippen molar-refractivity contribution < 1.29 is 32.7 Å². The largest absolute Gasteiger partial charge is 0.462 e. The number of nitrogens with one attached hydrogen (secondary N) is 2. The molecular formula is C21H33FN7O6P. The number of aromatic nitrogens is 4. The molecule has 0 spiro atoms.